The Morgan fingerprint density at radius 2 is 2.00 bits per heavy atom. The lowest BCUT2D eigenvalue weighted by atomic mass is 10.2. The van der Waals surface area contributed by atoms with Gasteiger partial charge in [0.05, 0.1) is 6.54 Å². The van der Waals surface area contributed by atoms with Crippen LogP contribution in [0.3, 0.4) is 0 Å². The molecule has 7 nitrogen and oxygen atoms in total. The highest BCUT2D eigenvalue weighted by atomic mass is 32.2. The standard InChI is InChI=1S/C17H14N2O5S/c20-16(24-12-13-5-2-1-3-6-13)7-4-9-19-17(21)14-8-10-18-15(11-14)25(22)23/h1-3,5-6,8,10-11H,9,12H2,(H,19,21)(H,22,23). The molecule has 0 saturated carbocycles. The molecule has 0 saturated heterocycles. The maximum Gasteiger partial charge on any atom is 0.384 e. The molecule has 0 radical (unpaired) electrons. The number of nitrogens with zero attached hydrogens (tertiary/aromatic N) is 1. The topological polar surface area (TPSA) is 106 Å². The summed E-state index contributed by atoms with van der Waals surface area (Å²) in [7, 11) is 0. The molecule has 0 aliphatic carbocycles. The first-order valence-corrected chi connectivity index (χ1v) is 8.21. The van der Waals surface area contributed by atoms with Gasteiger partial charge in [0.15, 0.2) is 5.03 Å². The first-order valence-electron chi connectivity index (χ1n) is 7.11. The van der Waals surface area contributed by atoms with Crippen molar-refractivity contribution in [3.63, 3.8) is 0 Å². The molecule has 0 bridgehead atoms. The molecule has 0 fully saturated rings. The average Bonchev–Trinajstić information content (AvgIpc) is 2.64. The third-order valence-electron chi connectivity index (χ3n) is 2.92. The SMILES string of the molecule is O=C(C#CCNC(=O)c1ccnc(S(=O)O)c1)OCc1ccccc1. The molecule has 2 N–H and O–H groups in total. The van der Waals surface area contributed by atoms with Crippen molar-refractivity contribution in [3.8, 4) is 11.8 Å². The molecule has 25 heavy (non-hydrogen) atoms. The van der Waals surface area contributed by atoms with E-state index < -0.39 is 23.0 Å². The lowest BCUT2D eigenvalue weighted by Crippen LogP contribution is -2.24. The molecular formula is C17H14N2O5S. The zero-order valence-electron chi connectivity index (χ0n) is 13.0. The van der Waals surface area contributed by atoms with Crippen molar-refractivity contribution in [1.82, 2.24) is 10.3 Å². The van der Waals surface area contributed by atoms with Crippen molar-refractivity contribution < 1.29 is 23.1 Å². The number of carbonyl (C=O) groups excluding carboxylic acids is 2. The lowest BCUT2D eigenvalue weighted by Gasteiger charge is -2.02. The van der Waals surface area contributed by atoms with E-state index in [4.69, 9.17) is 9.29 Å². The maximum atomic E-state index is 11.9. The van der Waals surface area contributed by atoms with Gasteiger partial charge in [-0.15, -0.1) is 0 Å². The molecule has 2 aromatic rings. The Kier molecular flexibility index (Phi) is 6.83. The zero-order chi connectivity index (χ0) is 18.1. The van der Waals surface area contributed by atoms with Gasteiger partial charge in [-0.1, -0.05) is 36.3 Å². The number of benzene rings is 1. The highest BCUT2D eigenvalue weighted by Crippen LogP contribution is 2.04. The van der Waals surface area contributed by atoms with E-state index in [1.807, 2.05) is 30.3 Å². The molecule has 1 aromatic heterocycles. The van der Waals surface area contributed by atoms with Crippen molar-refractivity contribution in [2.24, 2.45) is 0 Å². The Morgan fingerprint density at radius 1 is 1.24 bits per heavy atom. The van der Waals surface area contributed by atoms with Gasteiger partial charge >= 0.3 is 5.97 Å². The highest BCUT2D eigenvalue weighted by molar-refractivity contribution is 7.79. The molecule has 1 aromatic carbocycles. The Morgan fingerprint density at radius 3 is 2.72 bits per heavy atom. The van der Waals surface area contributed by atoms with Crippen molar-refractivity contribution >= 4 is 23.0 Å². The molecule has 1 heterocycles. The van der Waals surface area contributed by atoms with Gasteiger partial charge in [0.1, 0.15) is 6.61 Å². The van der Waals surface area contributed by atoms with Crippen LogP contribution in [0.2, 0.25) is 0 Å². The molecule has 128 valence electrons. The van der Waals surface area contributed by atoms with Crippen molar-refractivity contribution in [2.75, 3.05) is 6.54 Å². The van der Waals surface area contributed by atoms with Gasteiger partial charge in [0, 0.05) is 17.7 Å². The molecule has 0 aliphatic rings. The molecule has 0 spiro atoms. The molecule has 8 heteroatoms. The van der Waals surface area contributed by atoms with E-state index in [-0.39, 0.29) is 23.7 Å². The summed E-state index contributed by atoms with van der Waals surface area (Å²) >= 11 is -2.27. The molecular weight excluding hydrogens is 344 g/mol. The first kappa shape index (κ1) is 18.3. The molecule has 2 rings (SSSR count). The Bertz CT molecular complexity index is 843. The summed E-state index contributed by atoms with van der Waals surface area (Å²) in [5.41, 5.74) is 1.02. The average molecular weight is 358 g/mol. The summed E-state index contributed by atoms with van der Waals surface area (Å²) in [6, 6.07) is 11.8. The van der Waals surface area contributed by atoms with Crippen LogP contribution in [0, 0.1) is 11.8 Å². The number of ether oxygens (including phenoxy) is 1. The molecule has 0 aliphatic heterocycles. The van der Waals surface area contributed by atoms with E-state index >= 15 is 0 Å². The van der Waals surface area contributed by atoms with E-state index in [1.54, 1.807) is 0 Å². The van der Waals surface area contributed by atoms with E-state index in [1.165, 1.54) is 18.3 Å². The molecule has 1 atom stereocenters. The third kappa shape index (κ3) is 6.18. The summed E-state index contributed by atoms with van der Waals surface area (Å²) in [6.45, 7) is 0.0535. The van der Waals surface area contributed by atoms with Gasteiger partial charge in [0.25, 0.3) is 5.91 Å². The van der Waals surface area contributed by atoms with Gasteiger partial charge in [-0.25, -0.2) is 14.0 Å². The Hall–Kier alpha value is -3.02. The van der Waals surface area contributed by atoms with Crippen LogP contribution >= 0.6 is 0 Å². The van der Waals surface area contributed by atoms with Crippen LogP contribution in [0.4, 0.5) is 0 Å². The van der Waals surface area contributed by atoms with Gasteiger partial charge in [0.2, 0.25) is 11.1 Å². The number of esters is 1. The maximum absolute atomic E-state index is 11.9. The quantitative estimate of drug-likeness (QED) is 0.359. The van der Waals surface area contributed by atoms with E-state index in [0.29, 0.717) is 0 Å². The summed E-state index contributed by atoms with van der Waals surface area (Å²) in [5.74, 6) is 3.55. The molecule has 1 unspecified atom stereocenters. The van der Waals surface area contributed by atoms with E-state index in [2.05, 4.69) is 22.1 Å². The number of hydrogen-bond donors (Lipinski definition) is 2. The second kappa shape index (κ2) is 9.32. The summed E-state index contributed by atoms with van der Waals surface area (Å²) in [5, 5.41) is 2.34. The third-order valence-corrected chi connectivity index (χ3v) is 3.50. The smallest absolute Gasteiger partial charge is 0.384 e. The Labute approximate surface area is 146 Å². The fraction of sp³-hybridized carbons (Fsp3) is 0.118. The van der Waals surface area contributed by atoms with Crippen LogP contribution in [0.1, 0.15) is 15.9 Å². The minimum absolute atomic E-state index is 0.0703. The fourth-order valence-corrected chi connectivity index (χ4v) is 2.13. The van der Waals surface area contributed by atoms with Crippen LogP contribution in [0.5, 0.6) is 0 Å². The fourth-order valence-electron chi connectivity index (χ4n) is 1.75. The zero-order valence-corrected chi connectivity index (χ0v) is 13.8. The van der Waals surface area contributed by atoms with Crippen molar-refractivity contribution in [2.45, 2.75) is 11.6 Å². The number of pyridine rings is 1. The number of nitrogens with one attached hydrogen (secondary N) is 1. The van der Waals surface area contributed by atoms with Gasteiger partial charge in [-0.05, 0) is 17.7 Å². The predicted molar refractivity (Wildman–Crippen MR) is 89.6 cm³/mol. The van der Waals surface area contributed by atoms with Gasteiger partial charge in [-0.2, -0.15) is 0 Å². The van der Waals surface area contributed by atoms with Crippen LogP contribution in [-0.2, 0) is 27.2 Å². The number of hydrogen-bond acceptors (Lipinski definition) is 5. The van der Waals surface area contributed by atoms with E-state index in [9.17, 15) is 13.8 Å². The minimum Gasteiger partial charge on any atom is -0.451 e. The van der Waals surface area contributed by atoms with Gasteiger partial charge < -0.3 is 14.6 Å². The van der Waals surface area contributed by atoms with Crippen LogP contribution in [0.15, 0.2) is 53.7 Å². The lowest BCUT2D eigenvalue weighted by molar-refractivity contribution is -0.137. The minimum atomic E-state index is -2.27. The summed E-state index contributed by atoms with van der Waals surface area (Å²) in [6.07, 6.45) is 1.25. The van der Waals surface area contributed by atoms with Crippen LogP contribution in [-0.4, -0.2) is 32.2 Å². The summed E-state index contributed by atoms with van der Waals surface area (Å²) < 4.78 is 24.8. The number of carbonyl (C=O) groups is 2. The Balaban J connectivity index is 1.79. The number of amides is 1. The highest BCUT2D eigenvalue weighted by Gasteiger charge is 2.08. The largest absolute Gasteiger partial charge is 0.451 e. The second-order valence-electron chi connectivity index (χ2n) is 4.68. The van der Waals surface area contributed by atoms with E-state index in [0.717, 1.165) is 5.56 Å². The van der Waals surface area contributed by atoms with Gasteiger partial charge in [-0.3, -0.25) is 4.79 Å². The van der Waals surface area contributed by atoms with Crippen LogP contribution in [0.25, 0.3) is 0 Å². The molecule has 1 amide bonds. The predicted octanol–water partition coefficient (Wildman–Crippen LogP) is 1.14. The van der Waals surface area contributed by atoms with Crippen molar-refractivity contribution in [3.05, 3.63) is 59.8 Å². The van der Waals surface area contributed by atoms with Crippen molar-refractivity contribution in [1.29, 1.82) is 0 Å². The number of aromatic nitrogens is 1. The first-order chi connectivity index (χ1) is 12.1. The number of rotatable bonds is 5. The second-order valence-corrected chi connectivity index (χ2v) is 5.59. The normalized spacial score (nSPS) is 10.9. The van der Waals surface area contributed by atoms with Crippen LogP contribution < -0.4 is 5.32 Å². The summed E-state index contributed by atoms with van der Waals surface area (Å²) in [4.78, 5) is 27.0. The monoisotopic (exact) mass is 358 g/mol.